The lowest BCUT2D eigenvalue weighted by Gasteiger charge is -2.19. The average Bonchev–Trinajstić information content (AvgIpc) is 2.45. The summed E-state index contributed by atoms with van der Waals surface area (Å²) in [6.07, 6.45) is 0.679. The van der Waals surface area contributed by atoms with Crippen LogP contribution in [0.4, 0.5) is 0 Å². The summed E-state index contributed by atoms with van der Waals surface area (Å²) in [5.41, 5.74) is 0.796. The molecule has 0 saturated carbocycles. The third-order valence-electron chi connectivity index (χ3n) is 3.18. The van der Waals surface area contributed by atoms with Crippen molar-refractivity contribution in [2.45, 2.75) is 37.8 Å². The first-order valence-electron chi connectivity index (χ1n) is 7.16. The van der Waals surface area contributed by atoms with Crippen LogP contribution in [-0.2, 0) is 21.3 Å². The number of benzene rings is 1. The molecule has 1 rings (SSSR count). The van der Waals surface area contributed by atoms with E-state index in [1.807, 2.05) is 26.0 Å². The number of sulfonamides is 1. The predicted octanol–water partition coefficient (Wildman–Crippen LogP) is 1.84. The van der Waals surface area contributed by atoms with Gasteiger partial charge in [0.05, 0.1) is 4.90 Å². The van der Waals surface area contributed by atoms with E-state index in [1.165, 1.54) is 4.31 Å². The SMILES string of the molecule is COCCCN(C)S(=O)(=O)c1ccccc1CNC(C)C. The number of nitrogens with zero attached hydrogens (tertiary/aromatic N) is 1. The summed E-state index contributed by atoms with van der Waals surface area (Å²) in [5.74, 6) is 0. The van der Waals surface area contributed by atoms with Gasteiger partial charge >= 0.3 is 0 Å². The highest BCUT2D eigenvalue weighted by Crippen LogP contribution is 2.19. The fourth-order valence-electron chi connectivity index (χ4n) is 1.94. The summed E-state index contributed by atoms with van der Waals surface area (Å²) < 4.78 is 31.7. The van der Waals surface area contributed by atoms with E-state index in [4.69, 9.17) is 4.74 Å². The third-order valence-corrected chi connectivity index (χ3v) is 5.14. The summed E-state index contributed by atoms with van der Waals surface area (Å²) in [7, 11) is -0.239. The molecule has 1 N–H and O–H groups in total. The van der Waals surface area contributed by atoms with Crippen LogP contribution in [-0.4, -0.2) is 46.1 Å². The average molecular weight is 314 g/mol. The Balaban J connectivity index is 2.91. The van der Waals surface area contributed by atoms with E-state index >= 15 is 0 Å². The zero-order chi connectivity index (χ0) is 15.9. The van der Waals surface area contributed by atoms with Crippen molar-refractivity contribution in [3.8, 4) is 0 Å². The fourth-order valence-corrected chi connectivity index (χ4v) is 3.36. The Bertz CT molecular complexity index is 529. The van der Waals surface area contributed by atoms with Crippen LogP contribution in [0.3, 0.4) is 0 Å². The summed E-state index contributed by atoms with van der Waals surface area (Å²) >= 11 is 0. The molecule has 0 aliphatic carbocycles. The van der Waals surface area contributed by atoms with E-state index in [9.17, 15) is 8.42 Å². The fraction of sp³-hybridized carbons (Fsp3) is 0.600. The molecule has 0 aliphatic rings. The Morgan fingerprint density at radius 1 is 1.29 bits per heavy atom. The van der Waals surface area contributed by atoms with Crippen LogP contribution in [0.15, 0.2) is 29.2 Å². The van der Waals surface area contributed by atoms with E-state index in [0.717, 1.165) is 5.56 Å². The van der Waals surface area contributed by atoms with Gasteiger partial charge in [0, 0.05) is 39.9 Å². The van der Waals surface area contributed by atoms with Crippen LogP contribution < -0.4 is 5.32 Å². The van der Waals surface area contributed by atoms with Crippen molar-refractivity contribution < 1.29 is 13.2 Å². The predicted molar refractivity (Wildman–Crippen MR) is 84.7 cm³/mol. The molecule has 0 unspecified atom stereocenters. The van der Waals surface area contributed by atoms with Crippen LogP contribution in [0, 0.1) is 0 Å². The maximum absolute atomic E-state index is 12.6. The highest BCUT2D eigenvalue weighted by Gasteiger charge is 2.23. The summed E-state index contributed by atoms with van der Waals surface area (Å²) in [6.45, 7) is 5.61. The van der Waals surface area contributed by atoms with Crippen LogP contribution in [0.25, 0.3) is 0 Å². The van der Waals surface area contributed by atoms with Gasteiger partial charge in [0.1, 0.15) is 0 Å². The van der Waals surface area contributed by atoms with E-state index in [2.05, 4.69) is 5.32 Å². The van der Waals surface area contributed by atoms with Crippen LogP contribution in [0.2, 0.25) is 0 Å². The Hall–Kier alpha value is -0.950. The van der Waals surface area contributed by atoms with Gasteiger partial charge in [-0.1, -0.05) is 32.0 Å². The second-order valence-electron chi connectivity index (χ2n) is 5.32. The van der Waals surface area contributed by atoms with Gasteiger partial charge < -0.3 is 10.1 Å². The standard InChI is InChI=1S/C15H26N2O3S/c1-13(2)16-12-14-8-5-6-9-15(14)21(18,19)17(3)10-7-11-20-4/h5-6,8-9,13,16H,7,10-12H2,1-4H3. The van der Waals surface area contributed by atoms with Crippen molar-refractivity contribution in [2.75, 3.05) is 27.3 Å². The van der Waals surface area contributed by atoms with Crippen molar-refractivity contribution in [3.05, 3.63) is 29.8 Å². The van der Waals surface area contributed by atoms with Gasteiger partial charge in [-0.2, -0.15) is 0 Å². The first-order chi connectivity index (χ1) is 9.89. The number of methoxy groups -OCH3 is 1. The lowest BCUT2D eigenvalue weighted by Crippen LogP contribution is -2.30. The van der Waals surface area contributed by atoms with E-state index in [1.54, 1.807) is 26.3 Å². The molecule has 0 aliphatic heterocycles. The number of rotatable bonds is 9. The molecule has 0 aromatic heterocycles. The normalized spacial score (nSPS) is 12.3. The minimum absolute atomic E-state index is 0.306. The van der Waals surface area contributed by atoms with Crippen molar-refractivity contribution in [2.24, 2.45) is 0 Å². The maximum atomic E-state index is 12.6. The van der Waals surface area contributed by atoms with Crippen LogP contribution >= 0.6 is 0 Å². The quantitative estimate of drug-likeness (QED) is 0.707. The van der Waals surface area contributed by atoms with E-state index in [0.29, 0.717) is 37.1 Å². The minimum Gasteiger partial charge on any atom is -0.385 e. The first-order valence-corrected chi connectivity index (χ1v) is 8.60. The maximum Gasteiger partial charge on any atom is 0.243 e. The molecule has 1 aromatic carbocycles. The topological polar surface area (TPSA) is 58.6 Å². The smallest absolute Gasteiger partial charge is 0.243 e. The lowest BCUT2D eigenvalue weighted by molar-refractivity contribution is 0.189. The Morgan fingerprint density at radius 3 is 2.57 bits per heavy atom. The molecule has 0 atom stereocenters. The van der Waals surface area contributed by atoms with Gasteiger partial charge in [-0.05, 0) is 18.1 Å². The Kier molecular flexibility index (Phi) is 7.31. The van der Waals surface area contributed by atoms with Crippen molar-refractivity contribution in [1.29, 1.82) is 0 Å². The molecule has 0 bridgehead atoms. The number of hydrogen-bond acceptors (Lipinski definition) is 4. The van der Waals surface area contributed by atoms with Gasteiger partial charge in [-0.3, -0.25) is 0 Å². The van der Waals surface area contributed by atoms with Gasteiger partial charge in [0.15, 0.2) is 0 Å². The monoisotopic (exact) mass is 314 g/mol. The molecule has 21 heavy (non-hydrogen) atoms. The Morgan fingerprint density at radius 2 is 1.95 bits per heavy atom. The van der Waals surface area contributed by atoms with Crippen molar-refractivity contribution in [1.82, 2.24) is 9.62 Å². The first kappa shape index (κ1) is 18.1. The van der Waals surface area contributed by atoms with E-state index < -0.39 is 10.0 Å². The molecule has 0 saturated heterocycles. The zero-order valence-corrected chi connectivity index (χ0v) is 14.1. The number of ether oxygens (including phenoxy) is 1. The second kappa shape index (κ2) is 8.48. The van der Waals surface area contributed by atoms with Crippen molar-refractivity contribution >= 4 is 10.0 Å². The number of nitrogens with one attached hydrogen (secondary N) is 1. The highest BCUT2D eigenvalue weighted by atomic mass is 32.2. The van der Waals surface area contributed by atoms with Gasteiger partial charge in [0.2, 0.25) is 10.0 Å². The molecule has 6 heteroatoms. The third kappa shape index (κ3) is 5.39. The molecular weight excluding hydrogens is 288 g/mol. The zero-order valence-electron chi connectivity index (χ0n) is 13.3. The van der Waals surface area contributed by atoms with Gasteiger partial charge in [-0.15, -0.1) is 0 Å². The molecule has 5 nitrogen and oxygen atoms in total. The number of hydrogen-bond donors (Lipinski definition) is 1. The largest absolute Gasteiger partial charge is 0.385 e. The molecule has 0 amide bonds. The van der Waals surface area contributed by atoms with Crippen LogP contribution in [0.5, 0.6) is 0 Å². The molecular formula is C15H26N2O3S. The molecule has 0 spiro atoms. The molecule has 0 fully saturated rings. The highest BCUT2D eigenvalue weighted by molar-refractivity contribution is 7.89. The van der Waals surface area contributed by atoms with Crippen LogP contribution in [0.1, 0.15) is 25.8 Å². The molecule has 1 aromatic rings. The van der Waals surface area contributed by atoms with Gasteiger partial charge in [-0.25, -0.2) is 12.7 Å². The lowest BCUT2D eigenvalue weighted by atomic mass is 10.2. The Labute approximate surface area is 128 Å². The summed E-state index contributed by atoms with van der Waals surface area (Å²) in [6, 6.07) is 7.45. The van der Waals surface area contributed by atoms with Gasteiger partial charge in [0.25, 0.3) is 0 Å². The molecule has 0 heterocycles. The summed E-state index contributed by atoms with van der Waals surface area (Å²) in [4.78, 5) is 0.373. The summed E-state index contributed by atoms with van der Waals surface area (Å²) in [5, 5.41) is 3.26. The molecule has 120 valence electrons. The molecule has 0 radical (unpaired) electrons. The van der Waals surface area contributed by atoms with Crippen molar-refractivity contribution in [3.63, 3.8) is 0 Å². The second-order valence-corrected chi connectivity index (χ2v) is 7.33. The minimum atomic E-state index is -3.46. The van der Waals surface area contributed by atoms with E-state index in [-0.39, 0.29) is 0 Å².